The van der Waals surface area contributed by atoms with Crippen LogP contribution in [0.2, 0.25) is 0 Å². The van der Waals surface area contributed by atoms with Crippen molar-refractivity contribution in [2.45, 2.75) is 6.92 Å². The number of carbonyl (C=O) groups excluding carboxylic acids is 1. The molecule has 0 radical (unpaired) electrons. The maximum absolute atomic E-state index is 12.6. The van der Waals surface area contributed by atoms with Gasteiger partial charge >= 0.3 is 0 Å². The first-order valence-electron chi connectivity index (χ1n) is 7.23. The first-order valence-corrected chi connectivity index (χ1v) is 8.02. The van der Waals surface area contributed by atoms with Crippen LogP contribution in [0.1, 0.15) is 15.9 Å². The summed E-state index contributed by atoms with van der Waals surface area (Å²) in [4.78, 5) is 12.6. The Morgan fingerprint density at radius 2 is 1.87 bits per heavy atom. The molecule has 1 amide bonds. The molecular formula is C19H16BrNO2. The van der Waals surface area contributed by atoms with Crippen molar-refractivity contribution in [3.8, 4) is 5.75 Å². The molecule has 0 saturated heterocycles. The Morgan fingerprint density at radius 1 is 1.09 bits per heavy atom. The van der Waals surface area contributed by atoms with Gasteiger partial charge in [0.15, 0.2) is 0 Å². The summed E-state index contributed by atoms with van der Waals surface area (Å²) in [6.45, 7) is 2.00. The third-order valence-electron chi connectivity index (χ3n) is 3.76. The molecule has 3 rings (SSSR count). The number of rotatable bonds is 3. The van der Waals surface area contributed by atoms with E-state index in [1.54, 1.807) is 13.2 Å². The van der Waals surface area contributed by atoms with Crippen LogP contribution in [-0.2, 0) is 0 Å². The Hall–Kier alpha value is -2.33. The van der Waals surface area contributed by atoms with Crippen molar-refractivity contribution in [1.82, 2.24) is 0 Å². The van der Waals surface area contributed by atoms with Gasteiger partial charge in [-0.3, -0.25) is 4.79 Å². The van der Waals surface area contributed by atoms with Crippen molar-refractivity contribution in [2.75, 3.05) is 12.4 Å². The molecule has 3 nitrogen and oxygen atoms in total. The van der Waals surface area contributed by atoms with Crippen molar-refractivity contribution in [1.29, 1.82) is 0 Å². The number of hydrogen-bond acceptors (Lipinski definition) is 2. The third kappa shape index (κ3) is 3.08. The molecule has 0 atom stereocenters. The van der Waals surface area contributed by atoms with Crippen LogP contribution in [0.5, 0.6) is 5.75 Å². The number of aryl methyl sites for hydroxylation is 1. The van der Waals surface area contributed by atoms with Crippen molar-refractivity contribution >= 4 is 38.3 Å². The topological polar surface area (TPSA) is 38.3 Å². The highest BCUT2D eigenvalue weighted by Gasteiger charge is 2.15. The van der Waals surface area contributed by atoms with E-state index in [-0.39, 0.29) is 5.91 Å². The molecule has 0 fully saturated rings. The van der Waals surface area contributed by atoms with Crippen LogP contribution >= 0.6 is 15.9 Å². The molecule has 0 unspecified atom stereocenters. The lowest BCUT2D eigenvalue weighted by atomic mass is 10.0. The summed E-state index contributed by atoms with van der Waals surface area (Å²) in [5, 5.41) is 4.88. The number of nitrogens with one attached hydrogen (secondary N) is 1. The monoisotopic (exact) mass is 369 g/mol. The van der Waals surface area contributed by atoms with E-state index in [1.165, 1.54) is 0 Å². The van der Waals surface area contributed by atoms with E-state index in [0.29, 0.717) is 11.3 Å². The minimum Gasteiger partial charge on any atom is -0.495 e. The molecule has 23 heavy (non-hydrogen) atoms. The van der Waals surface area contributed by atoms with Crippen molar-refractivity contribution in [3.63, 3.8) is 0 Å². The normalized spacial score (nSPS) is 10.6. The molecule has 0 aliphatic carbocycles. The average Bonchev–Trinajstić information content (AvgIpc) is 2.57. The molecule has 0 aromatic heterocycles. The van der Waals surface area contributed by atoms with Crippen LogP contribution < -0.4 is 10.1 Å². The van der Waals surface area contributed by atoms with Crippen molar-refractivity contribution < 1.29 is 9.53 Å². The summed E-state index contributed by atoms with van der Waals surface area (Å²) in [7, 11) is 1.58. The Morgan fingerprint density at radius 3 is 2.61 bits per heavy atom. The number of carbonyl (C=O) groups is 1. The second kappa shape index (κ2) is 6.42. The van der Waals surface area contributed by atoms with E-state index in [4.69, 9.17) is 4.74 Å². The first-order chi connectivity index (χ1) is 11.1. The van der Waals surface area contributed by atoms with Crippen LogP contribution in [0.25, 0.3) is 10.8 Å². The minimum atomic E-state index is -0.191. The van der Waals surface area contributed by atoms with Gasteiger partial charge in [-0.1, -0.05) is 52.3 Å². The Labute approximate surface area is 143 Å². The standard InChI is InChI=1S/C19H16BrNO2/c1-12-7-9-14(11-17(12)20)21-19(22)16-10-8-13-5-3-4-6-15(13)18(16)23-2/h3-11H,1-2H3,(H,21,22). The van der Waals surface area contributed by atoms with Gasteiger partial charge in [0.05, 0.1) is 12.7 Å². The van der Waals surface area contributed by atoms with Crippen LogP contribution in [0.3, 0.4) is 0 Å². The summed E-state index contributed by atoms with van der Waals surface area (Å²) in [5.74, 6) is 0.398. The molecule has 3 aromatic rings. The second-order valence-corrected chi connectivity index (χ2v) is 6.14. The summed E-state index contributed by atoms with van der Waals surface area (Å²) in [6.07, 6.45) is 0. The van der Waals surface area contributed by atoms with Gasteiger partial charge in [-0.25, -0.2) is 0 Å². The quantitative estimate of drug-likeness (QED) is 0.691. The predicted molar refractivity (Wildman–Crippen MR) is 97.3 cm³/mol. The number of methoxy groups -OCH3 is 1. The fraction of sp³-hybridized carbons (Fsp3) is 0.105. The summed E-state index contributed by atoms with van der Waals surface area (Å²) >= 11 is 3.48. The number of anilines is 1. The third-order valence-corrected chi connectivity index (χ3v) is 4.61. The van der Waals surface area contributed by atoms with Gasteiger partial charge in [-0.2, -0.15) is 0 Å². The van der Waals surface area contributed by atoms with Crippen molar-refractivity contribution in [2.24, 2.45) is 0 Å². The molecule has 0 heterocycles. The van der Waals surface area contributed by atoms with Gasteiger partial charge in [-0.05, 0) is 36.1 Å². The fourth-order valence-electron chi connectivity index (χ4n) is 2.51. The zero-order chi connectivity index (χ0) is 16.4. The Balaban J connectivity index is 1.98. The van der Waals surface area contributed by atoms with Gasteiger partial charge in [0.1, 0.15) is 5.75 Å². The number of hydrogen-bond donors (Lipinski definition) is 1. The zero-order valence-corrected chi connectivity index (χ0v) is 14.5. The molecule has 0 aliphatic rings. The van der Waals surface area contributed by atoms with E-state index in [0.717, 1.165) is 26.5 Å². The number of fused-ring (bicyclic) bond motifs is 1. The first kappa shape index (κ1) is 15.6. The highest BCUT2D eigenvalue weighted by Crippen LogP contribution is 2.30. The fourth-order valence-corrected chi connectivity index (χ4v) is 2.89. The van der Waals surface area contributed by atoms with Gasteiger partial charge in [0.25, 0.3) is 5.91 Å². The number of benzene rings is 3. The van der Waals surface area contributed by atoms with Crippen LogP contribution in [0.15, 0.2) is 59.1 Å². The molecule has 0 bridgehead atoms. The minimum absolute atomic E-state index is 0.191. The number of amides is 1. The molecule has 116 valence electrons. The lowest BCUT2D eigenvalue weighted by molar-refractivity contribution is 0.102. The molecule has 0 spiro atoms. The van der Waals surface area contributed by atoms with Crippen LogP contribution in [-0.4, -0.2) is 13.0 Å². The lowest BCUT2D eigenvalue weighted by Crippen LogP contribution is -2.13. The Bertz CT molecular complexity index is 890. The number of ether oxygens (including phenoxy) is 1. The Kier molecular flexibility index (Phi) is 4.35. The smallest absolute Gasteiger partial charge is 0.259 e. The maximum Gasteiger partial charge on any atom is 0.259 e. The summed E-state index contributed by atoms with van der Waals surface area (Å²) in [5.41, 5.74) is 2.37. The SMILES string of the molecule is COc1c(C(=O)Nc2ccc(C)c(Br)c2)ccc2ccccc12. The van der Waals surface area contributed by atoms with Gasteiger partial charge in [0, 0.05) is 15.5 Å². The molecule has 3 aromatic carbocycles. The zero-order valence-electron chi connectivity index (χ0n) is 12.9. The predicted octanol–water partition coefficient (Wildman–Crippen LogP) is 5.17. The highest BCUT2D eigenvalue weighted by molar-refractivity contribution is 9.10. The van der Waals surface area contributed by atoms with Gasteiger partial charge in [-0.15, -0.1) is 0 Å². The van der Waals surface area contributed by atoms with E-state index >= 15 is 0 Å². The van der Waals surface area contributed by atoms with E-state index in [9.17, 15) is 4.79 Å². The van der Waals surface area contributed by atoms with E-state index < -0.39 is 0 Å². The summed E-state index contributed by atoms with van der Waals surface area (Å²) in [6, 6.07) is 17.3. The maximum atomic E-state index is 12.6. The van der Waals surface area contributed by atoms with Gasteiger partial charge < -0.3 is 10.1 Å². The van der Waals surface area contributed by atoms with Gasteiger partial charge in [0.2, 0.25) is 0 Å². The molecule has 4 heteroatoms. The average molecular weight is 370 g/mol. The largest absolute Gasteiger partial charge is 0.495 e. The second-order valence-electron chi connectivity index (χ2n) is 5.29. The molecule has 0 aliphatic heterocycles. The summed E-state index contributed by atoms with van der Waals surface area (Å²) < 4.78 is 6.45. The number of halogens is 1. The molecule has 0 saturated carbocycles. The highest BCUT2D eigenvalue weighted by atomic mass is 79.9. The van der Waals surface area contributed by atoms with Crippen LogP contribution in [0, 0.1) is 6.92 Å². The molecular weight excluding hydrogens is 354 g/mol. The van der Waals surface area contributed by atoms with Crippen LogP contribution in [0.4, 0.5) is 5.69 Å². The molecule has 1 N–H and O–H groups in total. The van der Waals surface area contributed by atoms with E-state index in [2.05, 4.69) is 21.2 Å². The van der Waals surface area contributed by atoms with E-state index in [1.807, 2.05) is 55.5 Å². The van der Waals surface area contributed by atoms with Crippen molar-refractivity contribution in [3.05, 3.63) is 70.2 Å². The lowest BCUT2D eigenvalue weighted by Gasteiger charge is -2.12.